The second kappa shape index (κ2) is 28.6. The van der Waals surface area contributed by atoms with Gasteiger partial charge in [-0.25, -0.2) is 19.9 Å². The molecule has 7 heterocycles. The first-order chi connectivity index (χ1) is 57.5. The Morgan fingerprint density at radius 2 is 0.535 bits per heavy atom. The molecule has 556 valence electrons. The third-order valence-corrected chi connectivity index (χ3v) is 30.6. The van der Waals surface area contributed by atoms with Gasteiger partial charge >= 0.3 is 7.12 Å². The van der Waals surface area contributed by atoms with Crippen molar-refractivity contribution < 1.29 is 25.5 Å². The van der Waals surface area contributed by atoms with Crippen molar-refractivity contribution in [2.75, 3.05) is 0 Å². The standard InChI is InChI=1S/C47H33N3OSi.C27H16ClN3O.C26H29BO2Si.3H2/c1-52(2)39-28-14-23-34(31-18-8-4-9-19-31)43(39)44-36(25-15-29-40(44)52)47-49-45(32-20-10-5-11-21-32)48-46(50-47)35-24-13-27-38-42(35)41-33(22-12-26-37(41)51-38)30-16-6-3-7-17-30;28-27-30-25(18-11-5-2-6-12-18)29-26(31-27)20-14-8-16-22-24(20)23-19(13-7-15-21(23)32-22)17-9-3-1-4-10-17;1-25(2)26(3,4)29-27(28-25)20-15-11-17-22-24(20)23-19(18-12-8-7-9-13-18)14-10-16-21(23)30(22,5)6;;;/h3-29H,1-2H3;1-16H;7-17H,1-6H3;3*1H/i;;;2*1+1D;1+1. The maximum atomic E-state index is 6.52. The van der Waals surface area contributed by atoms with Crippen LogP contribution in [0.4, 0.5) is 0 Å². The summed E-state index contributed by atoms with van der Waals surface area (Å²) in [4.78, 5) is 29.4. The Labute approximate surface area is 677 Å². The van der Waals surface area contributed by atoms with Crippen molar-refractivity contribution in [2.45, 2.75) is 65.1 Å². The molecule has 0 unspecified atom stereocenters. The van der Waals surface area contributed by atoms with E-state index in [0.717, 1.165) is 99.4 Å². The summed E-state index contributed by atoms with van der Waals surface area (Å²) >= 11 is 6.33. The zero-order valence-corrected chi connectivity index (χ0v) is 67.2. The topological polar surface area (TPSA) is 122 Å². The number of hydrogen-bond acceptors (Lipinski definition) is 10. The average Bonchev–Trinajstić information content (AvgIpc) is 1.56. The molecule has 0 aliphatic carbocycles. The second-order valence-electron chi connectivity index (χ2n) is 31.5. The molecular weight excluding hydrogens is 1450 g/mol. The van der Waals surface area contributed by atoms with Crippen LogP contribution in [0.1, 0.15) is 35.1 Å². The molecule has 14 heteroatoms. The van der Waals surface area contributed by atoms with Crippen LogP contribution in [0.15, 0.2) is 336 Å². The van der Waals surface area contributed by atoms with Crippen LogP contribution >= 0.6 is 11.6 Å². The fraction of sp³-hybridized carbons (Fsp3) is 0.100. The van der Waals surface area contributed by atoms with Gasteiger partial charge in [-0.2, -0.15) is 9.97 Å². The van der Waals surface area contributed by atoms with Crippen LogP contribution in [0.2, 0.25) is 31.5 Å². The van der Waals surface area contributed by atoms with Crippen molar-refractivity contribution in [3.8, 4) is 124 Å². The fourth-order valence-corrected chi connectivity index (χ4v) is 23.4. The summed E-state index contributed by atoms with van der Waals surface area (Å²) in [5.74, 6) is 2.96. The van der Waals surface area contributed by atoms with E-state index >= 15 is 0 Å². The third-order valence-electron chi connectivity index (χ3n) is 23.4. The molecule has 1 saturated heterocycles. The minimum absolute atomic E-state index is 0. The Morgan fingerprint density at radius 1 is 0.272 bits per heavy atom. The Balaban J connectivity index is 0.000000137. The van der Waals surface area contributed by atoms with Crippen LogP contribution < -0.4 is 26.2 Å². The number of fused-ring (bicyclic) bond motifs is 12. The van der Waals surface area contributed by atoms with Crippen molar-refractivity contribution in [2.24, 2.45) is 0 Å². The van der Waals surface area contributed by atoms with E-state index in [0.29, 0.717) is 29.1 Å². The lowest BCUT2D eigenvalue weighted by molar-refractivity contribution is 0.00578. The highest BCUT2D eigenvalue weighted by molar-refractivity contribution is 7.05. The molecule has 0 bridgehead atoms. The molecule has 18 aromatic rings. The van der Waals surface area contributed by atoms with E-state index in [1.807, 2.05) is 121 Å². The van der Waals surface area contributed by atoms with Gasteiger partial charge in [0, 0.05) is 56.7 Å². The van der Waals surface area contributed by atoms with Gasteiger partial charge < -0.3 is 18.1 Å². The summed E-state index contributed by atoms with van der Waals surface area (Å²) in [6.45, 7) is 18.3. The van der Waals surface area contributed by atoms with Crippen LogP contribution in [0.5, 0.6) is 0 Å². The summed E-state index contributed by atoms with van der Waals surface area (Å²) in [5.41, 5.74) is 23.0. The number of furan rings is 2. The van der Waals surface area contributed by atoms with Crippen molar-refractivity contribution in [3.05, 3.63) is 333 Å². The molecule has 1 fully saturated rings. The van der Waals surface area contributed by atoms with Gasteiger partial charge in [0.1, 0.15) is 38.5 Å². The zero-order chi connectivity index (χ0) is 81.6. The van der Waals surface area contributed by atoms with Gasteiger partial charge in [-0.1, -0.05) is 330 Å². The first-order valence-electron chi connectivity index (χ1n) is 40.8. The number of nitrogens with zero attached hydrogens (tertiary/aromatic N) is 6. The largest absolute Gasteiger partial charge is 0.495 e. The Morgan fingerprint density at radius 3 is 0.939 bits per heavy atom. The number of hydrogen-bond donors (Lipinski definition) is 0. The van der Waals surface area contributed by atoms with E-state index in [1.165, 1.54) is 65.3 Å². The van der Waals surface area contributed by atoms with E-state index in [1.54, 1.807) is 0 Å². The normalized spacial score (nSPS) is 14.5. The Hall–Kier alpha value is -12.6. The molecule has 0 atom stereocenters. The molecular formula is C100H84BClN6O4Si2. The first-order valence-corrected chi connectivity index (χ1v) is 45.2. The highest BCUT2D eigenvalue weighted by atomic mass is 35.5. The van der Waals surface area contributed by atoms with Gasteiger partial charge in [0.25, 0.3) is 0 Å². The van der Waals surface area contributed by atoms with Gasteiger partial charge in [0.05, 0.1) is 11.2 Å². The summed E-state index contributed by atoms with van der Waals surface area (Å²) < 4.78 is 45.7. The lowest BCUT2D eigenvalue weighted by Crippen LogP contribution is -2.50. The first kappa shape index (κ1) is 69.4. The monoisotopic (exact) mass is 1540 g/mol. The average molecular weight is 1540 g/mol. The van der Waals surface area contributed by atoms with E-state index in [4.69, 9.17) is 55.6 Å². The Bertz CT molecular complexity index is 6780. The molecule has 10 nitrogen and oxygen atoms in total. The molecule has 3 aliphatic rings. The molecule has 3 aliphatic heterocycles. The van der Waals surface area contributed by atoms with Gasteiger partial charge in [0.15, 0.2) is 29.1 Å². The van der Waals surface area contributed by atoms with Crippen LogP contribution in [-0.2, 0) is 9.31 Å². The maximum Gasteiger partial charge on any atom is 0.495 e. The molecule has 0 radical (unpaired) electrons. The quantitative estimate of drug-likeness (QED) is 0.122. The maximum absolute atomic E-state index is 6.52. The summed E-state index contributed by atoms with van der Waals surface area (Å²) in [6.07, 6.45) is 0. The predicted octanol–water partition coefficient (Wildman–Crippen LogP) is 23.5. The molecule has 4 aromatic heterocycles. The number of halogens is 1. The van der Waals surface area contributed by atoms with Gasteiger partial charge in [0.2, 0.25) is 5.28 Å². The third kappa shape index (κ3) is 12.4. The predicted molar refractivity (Wildman–Crippen MR) is 481 cm³/mol. The molecule has 0 amide bonds. The van der Waals surface area contributed by atoms with Crippen molar-refractivity contribution in [3.63, 3.8) is 0 Å². The lowest BCUT2D eigenvalue weighted by atomic mass is 9.73. The number of benzene rings is 14. The van der Waals surface area contributed by atoms with Crippen molar-refractivity contribution in [1.82, 2.24) is 29.9 Å². The van der Waals surface area contributed by atoms with Crippen LogP contribution in [0.3, 0.4) is 0 Å². The molecule has 0 N–H and O–H groups in total. The van der Waals surface area contributed by atoms with Crippen molar-refractivity contribution >= 4 is 105 Å². The van der Waals surface area contributed by atoms with Gasteiger partial charge in [-0.3, -0.25) is 0 Å². The minimum Gasteiger partial charge on any atom is -0.456 e. The molecule has 0 saturated carbocycles. The van der Waals surface area contributed by atoms with E-state index in [2.05, 4.69) is 270 Å². The summed E-state index contributed by atoms with van der Waals surface area (Å²) in [7, 11) is -4.21. The highest BCUT2D eigenvalue weighted by Gasteiger charge is 2.54. The van der Waals surface area contributed by atoms with E-state index < -0.39 is 16.1 Å². The molecule has 21 rings (SSSR count). The SMILES string of the molecule is CC1(C)OB(c2cccc3c2-c2c(-c4ccccc4)cccc2[Si]3(C)C)OC1(C)C.C[Si]1(C)c2cccc(-c3ccccc3)c2-c2c(-c3nc(-c4ccccc4)nc(-c4cccc5oc6cccc(-c7ccccc7)c6c45)n3)cccc21.Clc1nc(-c2ccccc2)nc(-c2cccc3oc4cccc(-c5ccccc5)c4c23)n1.[2HH].[2H][2H].[2H][2H]. The number of aromatic nitrogens is 6. The molecule has 14 aromatic carbocycles. The second-order valence-corrected chi connectivity index (χ2v) is 40.5. The lowest BCUT2D eigenvalue weighted by Gasteiger charge is -2.32. The fourth-order valence-electron chi connectivity index (χ4n) is 17.1. The van der Waals surface area contributed by atoms with Crippen LogP contribution in [-0.4, -0.2) is 64.4 Å². The van der Waals surface area contributed by atoms with Crippen LogP contribution in [0, 0.1) is 0 Å². The summed E-state index contributed by atoms with van der Waals surface area (Å²) in [5, 5.41) is 10.0. The van der Waals surface area contributed by atoms with Crippen molar-refractivity contribution in [1.29, 1.82) is 0 Å². The van der Waals surface area contributed by atoms with Crippen LogP contribution in [0.25, 0.3) is 168 Å². The van der Waals surface area contributed by atoms with E-state index in [-0.39, 0.29) is 25.0 Å². The summed E-state index contributed by atoms with van der Waals surface area (Å²) in [6, 6.07) is 114. The number of rotatable bonds is 10. The van der Waals surface area contributed by atoms with Gasteiger partial charge in [-0.05, 0) is 157 Å². The van der Waals surface area contributed by atoms with Gasteiger partial charge in [-0.15, -0.1) is 0 Å². The smallest absolute Gasteiger partial charge is 0.456 e. The highest BCUT2D eigenvalue weighted by Crippen LogP contribution is 2.47. The molecule has 0 spiro atoms. The minimum atomic E-state index is -2.04. The zero-order valence-electron chi connectivity index (χ0n) is 68.4. The van der Waals surface area contributed by atoms with E-state index in [9.17, 15) is 0 Å². The molecule has 114 heavy (non-hydrogen) atoms. The Kier molecular flexibility index (Phi) is 17.4.